The summed E-state index contributed by atoms with van der Waals surface area (Å²) in [6.45, 7) is 0.435. The molecule has 1 heterocycles. The molecule has 6 heteroatoms. The second kappa shape index (κ2) is 6.81. The maximum atomic E-state index is 6.08. The van der Waals surface area contributed by atoms with Crippen LogP contribution in [0.25, 0.3) is 0 Å². The monoisotopic (exact) mass is 303 g/mol. The lowest BCUT2D eigenvalue weighted by Crippen LogP contribution is -2.30. The smallest absolute Gasteiger partial charge is 0.0704 e. The lowest BCUT2D eigenvalue weighted by molar-refractivity contribution is 0.849. The lowest BCUT2D eigenvalue weighted by Gasteiger charge is -2.19. The molecule has 2 aromatic rings. The summed E-state index contributed by atoms with van der Waals surface area (Å²) in [5.41, 5.74) is 1.62. The van der Waals surface area contributed by atoms with Gasteiger partial charge in [0.05, 0.1) is 18.4 Å². The molecule has 0 aliphatic carbocycles. The molecule has 0 spiro atoms. The summed E-state index contributed by atoms with van der Waals surface area (Å²) in [5.74, 6) is 5.94. The Labute approximate surface area is 122 Å². The number of hydrazine groups is 1. The molecule has 0 atom stereocenters. The van der Waals surface area contributed by atoms with Crippen LogP contribution in [0.3, 0.4) is 0 Å². The molecule has 3 nitrogen and oxygen atoms in total. The number of hydrogen-bond donors (Lipinski definition) is 1. The fourth-order valence-electron chi connectivity index (χ4n) is 1.47. The minimum Gasteiger partial charge on any atom is -0.305 e. The summed E-state index contributed by atoms with van der Waals surface area (Å²) in [4.78, 5) is 4.00. The third-order valence-corrected chi connectivity index (χ3v) is 3.08. The average Bonchev–Trinajstić information content (AvgIpc) is 2.35. The SMILES string of the molecule is Cl.NN(Cc1c(Cl)cccc1Cl)c1cccnc1. The van der Waals surface area contributed by atoms with Crippen molar-refractivity contribution >= 4 is 41.3 Å². The predicted octanol–water partition coefficient (Wildman–Crippen LogP) is 3.69. The first-order chi connectivity index (χ1) is 8.18. The van der Waals surface area contributed by atoms with Crippen LogP contribution in [-0.2, 0) is 6.54 Å². The number of rotatable bonds is 3. The molecule has 0 bridgehead atoms. The Bertz CT molecular complexity index is 485. The summed E-state index contributed by atoms with van der Waals surface area (Å²) < 4.78 is 0. The van der Waals surface area contributed by atoms with Crippen LogP contribution >= 0.6 is 35.6 Å². The average molecular weight is 305 g/mol. The van der Waals surface area contributed by atoms with E-state index in [2.05, 4.69) is 4.98 Å². The van der Waals surface area contributed by atoms with Gasteiger partial charge in [-0.15, -0.1) is 12.4 Å². The normalized spacial score (nSPS) is 9.72. The van der Waals surface area contributed by atoms with Gasteiger partial charge in [-0.3, -0.25) is 4.98 Å². The Hall–Kier alpha value is -1.00. The molecule has 1 aromatic carbocycles. The minimum atomic E-state index is 0. The molecular weight excluding hydrogens is 293 g/mol. The van der Waals surface area contributed by atoms with E-state index in [-0.39, 0.29) is 12.4 Å². The first-order valence-electron chi connectivity index (χ1n) is 5.03. The fourth-order valence-corrected chi connectivity index (χ4v) is 1.99. The lowest BCUT2D eigenvalue weighted by atomic mass is 10.2. The summed E-state index contributed by atoms with van der Waals surface area (Å²) >= 11 is 12.2. The van der Waals surface area contributed by atoms with E-state index >= 15 is 0 Å². The van der Waals surface area contributed by atoms with Gasteiger partial charge in [0.1, 0.15) is 0 Å². The van der Waals surface area contributed by atoms with Crippen molar-refractivity contribution < 1.29 is 0 Å². The van der Waals surface area contributed by atoms with Crippen LogP contribution in [0.4, 0.5) is 5.69 Å². The maximum absolute atomic E-state index is 6.08. The quantitative estimate of drug-likeness (QED) is 0.694. The van der Waals surface area contributed by atoms with Crippen molar-refractivity contribution in [2.24, 2.45) is 5.84 Å². The molecule has 18 heavy (non-hydrogen) atoms. The van der Waals surface area contributed by atoms with E-state index in [9.17, 15) is 0 Å². The molecule has 0 fully saturated rings. The first-order valence-corrected chi connectivity index (χ1v) is 5.79. The van der Waals surface area contributed by atoms with E-state index in [1.807, 2.05) is 12.1 Å². The molecule has 0 saturated carbocycles. The van der Waals surface area contributed by atoms with Crippen molar-refractivity contribution in [2.45, 2.75) is 6.54 Å². The Morgan fingerprint density at radius 2 is 1.78 bits per heavy atom. The van der Waals surface area contributed by atoms with Gasteiger partial charge in [-0.25, -0.2) is 5.84 Å². The number of nitrogens with two attached hydrogens (primary N) is 1. The number of nitrogens with zero attached hydrogens (tertiary/aromatic N) is 2. The van der Waals surface area contributed by atoms with Crippen LogP contribution in [0.5, 0.6) is 0 Å². The largest absolute Gasteiger partial charge is 0.305 e. The molecule has 0 unspecified atom stereocenters. The molecular formula is C12H12Cl3N3. The number of anilines is 1. The van der Waals surface area contributed by atoms with Crippen LogP contribution in [-0.4, -0.2) is 4.98 Å². The van der Waals surface area contributed by atoms with Crippen molar-refractivity contribution in [3.05, 3.63) is 58.3 Å². The molecule has 0 aliphatic heterocycles. The number of aromatic nitrogens is 1. The standard InChI is InChI=1S/C12H11Cl2N3.ClH/c13-11-4-1-5-12(14)10(11)8-17(15)9-3-2-6-16-7-9;/h1-7H,8,15H2;1H. The number of benzene rings is 1. The molecule has 0 radical (unpaired) electrons. The van der Waals surface area contributed by atoms with Gasteiger partial charge >= 0.3 is 0 Å². The number of halogens is 3. The zero-order valence-electron chi connectivity index (χ0n) is 9.38. The maximum Gasteiger partial charge on any atom is 0.0704 e. The number of hydrogen-bond acceptors (Lipinski definition) is 3. The summed E-state index contributed by atoms with van der Waals surface area (Å²) in [6, 6.07) is 9.08. The van der Waals surface area contributed by atoms with Crippen LogP contribution in [0.2, 0.25) is 10.0 Å². The summed E-state index contributed by atoms with van der Waals surface area (Å²) in [5, 5.41) is 2.77. The highest BCUT2D eigenvalue weighted by Crippen LogP contribution is 2.26. The molecule has 96 valence electrons. The Morgan fingerprint density at radius 3 is 2.33 bits per heavy atom. The van der Waals surface area contributed by atoms with Gasteiger partial charge in [-0.05, 0) is 24.3 Å². The summed E-state index contributed by atoms with van der Waals surface area (Å²) in [7, 11) is 0. The van der Waals surface area contributed by atoms with Gasteiger partial charge in [-0.1, -0.05) is 29.3 Å². The van der Waals surface area contributed by atoms with Crippen molar-refractivity contribution in [1.29, 1.82) is 0 Å². The Morgan fingerprint density at radius 1 is 1.11 bits per heavy atom. The molecule has 0 aliphatic rings. The zero-order chi connectivity index (χ0) is 12.3. The predicted molar refractivity (Wildman–Crippen MR) is 78.3 cm³/mol. The van der Waals surface area contributed by atoms with E-state index in [0.29, 0.717) is 16.6 Å². The van der Waals surface area contributed by atoms with E-state index in [4.69, 9.17) is 29.0 Å². The highest BCUT2D eigenvalue weighted by atomic mass is 35.5. The van der Waals surface area contributed by atoms with Crippen LogP contribution < -0.4 is 10.9 Å². The Balaban J connectivity index is 0.00000162. The van der Waals surface area contributed by atoms with Gasteiger partial charge in [0.15, 0.2) is 0 Å². The van der Waals surface area contributed by atoms with E-state index in [0.717, 1.165) is 11.3 Å². The molecule has 0 amide bonds. The van der Waals surface area contributed by atoms with E-state index in [1.54, 1.807) is 35.6 Å². The van der Waals surface area contributed by atoms with Gasteiger partial charge in [0.2, 0.25) is 0 Å². The van der Waals surface area contributed by atoms with Gasteiger partial charge in [-0.2, -0.15) is 0 Å². The Kier molecular flexibility index (Phi) is 5.69. The minimum absolute atomic E-state index is 0. The topological polar surface area (TPSA) is 42.1 Å². The third-order valence-electron chi connectivity index (χ3n) is 2.37. The highest BCUT2D eigenvalue weighted by Gasteiger charge is 2.09. The van der Waals surface area contributed by atoms with Crippen LogP contribution in [0.15, 0.2) is 42.7 Å². The van der Waals surface area contributed by atoms with Gasteiger partial charge < -0.3 is 5.01 Å². The summed E-state index contributed by atoms with van der Waals surface area (Å²) in [6.07, 6.45) is 3.38. The molecule has 0 saturated heterocycles. The fraction of sp³-hybridized carbons (Fsp3) is 0.0833. The second-order valence-electron chi connectivity index (χ2n) is 3.54. The molecule has 2 rings (SSSR count). The molecule has 1 aromatic heterocycles. The van der Waals surface area contributed by atoms with Crippen molar-refractivity contribution in [3.8, 4) is 0 Å². The van der Waals surface area contributed by atoms with Crippen molar-refractivity contribution in [3.63, 3.8) is 0 Å². The highest BCUT2D eigenvalue weighted by molar-refractivity contribution is 6.36. The van der Waals surface area contributed by atoms with Crippen molar-refractivity contribution in [1.82, 2.24) is 4.98 Å². The van der Waals surface area contributed by atoms with E-state index < -0.39 is 0 Å². The van der Waals surface area contributed by atoms with Crippen LogP contribution in [0, 0.1) is 0 Å². The second-order valence-corrected chi connectivity index (χ2v) is 4.35. The van der Waals surface area contributed by atoms with Gasteiger partial charge in [0.25, 0.3) is 0 Å². The van der Waals surface area contributed by atoms with Gasteiger partial charge in [0, 0.05) is 21.8 Å². The third kappa shape index (κ3) is 3.50. The first kappa shape index (κ1) is 15.1. The van der Waals surface area contributed by atoms with E-state index in [1.165, 1.54) is 0 Å². The number of pyridine rings is 1. The zero-order valence-corrected chi connectivity index (χ0v) is 11.7. The molecule has 2 N–H and O–H groups in total. The van der Waals surface area contributed by atoms with Crippen molar-refractivity contribution in [2.75, 3.05) is 5.01 Å². The van der Waals surface area contributed by atoms with Crippen LogP contribution in [0.1, 0.15) is 5.56 Å².